The molecule has 18 heavy (non-hydrogen) atoms. The molecule has 0 saturated heterocycles. The van der Waals surface area contributed by atoms with Crippen molar-refractivity contribution < 1.29 is 8.42 Å². The van der Waals surface area contributed by atoms with Crippen molar-refractivity contribution in [3.8, 4) is 0 Å². The summed E-state index contributed by atoms with van der Waals surface area (Å²) in [5, 5.41) is 1.80. The van der Waals surface area contributed by atoms with Gasteiger partial charge in [-0.1, -0.05) is 25.7 Å². The van der Waals surface area contributed by atoms with Gasteiger partial charge in [-0.05, 0) is 29.3 Å². The van der Waals surface area contributed by atoms with Gasteiger partial charge in [0, 0.05) is 13.1 Å². The molecule has 2 rings (SSSR count). The molecule has 0 bridgehead atoms. The van der Waals surface area contributed by atoms with Crippen LogP contribution in [0.4, 0.5) is 0 Å². The zero-order chi connectivity index (χ0) is 13.0. The Bertz CT molecular complexity index is 476. The molecule has 1 heterocycles. The Labute approximate surface area is 113 Å². The van der Waals surface area contributed by atoms with Crippen molar-refractivity contribution in [3.63, 3.8) is 0 Å². The SMILES string of the molecule is NCc1csc(S(=O)(=O)NCCC2CCCC2)c1. The van der Waals surface area contributed by atoms with Gasteiger partial charge in [-0.3, -0.25) is 0 Å². The van der Waals surface area contributed by atoms with Crippen LogP contribution in [-0.4, -0.2) is 15.0 Å². The summed E-state index contributed by atoms with van der Waals surface area (Å²) < 4.78 is 27.0. The van der Waals surface area contributed by atoms with E-state index in [9.17, 15) is 8.42 Å². The van der Waals surface area contributed by atoms with Gasteiger partial charge in [0.05, 0.1) is 0 Å². The number of rotatable bonds is 6. The monoisotopic (exact) mass is 288 g/mol. The summed E-state index contributed by atoms with van der Waals surface area (Å²) in [6.45, 7) is 0.928. The van der Waals surface area contributed by atoms with E-state index in [2.05, 4.69) is 4.72 Å². The highest BCUT2D eigenvalue weighted by Crippen LogP contribution is 2.27. The van der Waals surface area contributed by atoms with E-state index < -0.39 is 10.0 Å². The summed E-state index contributed by atoms with van der Waals surface area (Å²) in [7, 11) is -3.33. The molecule has 4 nitrogen and oxygen atoms in total. The van der Waals surface area contributed by atoms with Crippen molar-refractivity contribution in [1.29, 1.82) is 0 Å². The number of hydrogen-bond acceptors (Lipinski definition) is 4. The number of nitrogens with one attached hydrogen (secondary N) is 1. The van der Waals surface area contributed by atoms with E-state index in [1.54, 1.807) is 11.4 Å². The fraction of sp³-hybridized carbons (Fsp3) is 0.667. The maximum Gasteiger partial charge on any atom is 0.250 e. The van der Waals surface area contributed by atoms with Crippen LogP contribution in [0.25, 0.3) is 0 Å². The van der Waals surface area contributed by atoms with Crippen LogP contribution < -0.4 is 10.5 Å². The Kier molecular flexibility index (Phi) is 4.77. The molecule has 0 radical (unpaired) electrons. The van der Waals surface area contributed by atoms with Crippen LogP contribution in [0.3, 0.4) is 0 Å². The first-order chi connectivity index (χ1) is 8.62. The molecule has 6 heteroatoms. The highest BCUT2D eigenvalue weighted by Gasteiger charge is 2.18. The molecule has 1 aromatic rings. The third-order valence-corrected chi connectivity index (χ3v) is 6.40. The Morgan fingerprint density at radius 1 is 1.39 bits per heavy atom. The first-order valence-corrected chi connectivity index (χ1v) is 8.75. The minimum atomic E-state index is -3.33. The van der Waals surface area contributed by atoms with E-state index in [0.717, 1.165) is 12.0 Å². The van der Waals surface area contributed by atoms with Crippen molar-refractivity contribution >= 4 is 21.4 Å². The van der Waals surface area contributed by atoms with Crippen molar-refractivity contribution in [1.82, 2.24) is 4.72 Å². The Morgan fingerprint density at radius 3 is 2.72 bits per heavy atom. The zero-order valence-corrected chi connectivity index (χ0v) is 12.0. The van der Waals surface area contributed by atoms with Gasteiger partial charge < -0.3 is 5.73 Å². The number of thiophene rings is 1. The van der Waals surface area contributed by atoms with E-state index in [1.165, 1.54) is 37.0 Å². The molecular weight excluding hydrogens is 268 g/mol. The van der Waals surface area contributed by atoms with Gasteiger partial charge in [0.25, 0.3) is 0 Å². The van der Waals surface area contributed by atoms with Crippen molar-refractivity contribution in [2.45, 2.75) is 42.9 Å². The van der Waals surface area contributed by atoms with Gasteiger partial charge >= 0.3 is 0 Å². The molecule has 1 aliphatic carbocycles. The third kappa shape index (κ3) is 3.54. The Balaban J connectivity index is 1.86. The van der Waals surface area contributed by atoms with Crippen LogP contribution in [-0.2, 0) is 16.6 Å². The van der Waals surface area contributed by atoms with Gasteiger partial charge in [0.2, 0.25) is 10.0 Å². The van der Waals surface area contributed by atoms with Crippen LogP contribution in [0.2, 0.25) is 0 Å². The van der Waals surface area contributed by atoms with Crippen LogP contribution >= 0.6 is 11.3 Å². The summed E-state index contributed by atoms with van der Waals surface area (Å²) >= 11 is 1.23. The first kappa shape index (κ1) is 14.0. The minimum Gasteiger partial charge on any atom is -0.326 e. The number of sulfonamides is 1. The summed E-state index contributed by atoms with van der Waals surface area (Å²) in [6.07, 6.45) is 6.04. The molecule has 3 N–H and O–H groups in total. The van der Waals surface area contributed by atoms with Gasteiger partial charge in [-0.2, -0.15) is 0 Å². The molecule has 0 atom stereocenters. The van der Waals surface area contributed by atoms with E-state index in [-0.39, 0.29) is 0 Å². The van der Waals surface area contributed by atoms with Gasteiger partial charge in [0.15, 0.2) is 0 Å². The van der Waals surface area contributed by atoms with Gasteiger partial charge in [0.1, 0.15) is 4.21 Å². The summed E-state index contributed by atoms with van der Waals surface area (Å²) in [4.78, 5) is 0. The van der Waals surface area contributed by atoms with Crippen molar-refractivity contribution in [2.24, 2.45) is 11.7 Å². The lowest BCUT2D eigenvalue weighted by Crippen LogP contribution is -2.25. The quantitative estimate of drug-likeness (QED) is 0.841. The maximum absolute atomic E-state index is 12.0. The van der Waals surface area contributed by atoms with Crippen LogP contribution in [0.1, 0.15) is 37.7 Å². The second-order valence-corrected chi connectivity index (χ2v) is 7.72. The Hall–Kier alpha value is -0.430. The summed E-state index contributed by atoms with van der Waals surface area (Å²) in [5.74, 6) is 0.704. The molecule has 1 fully saturated rings. The lowest BCUT2D eigenvalue weighted by molar-refractivity contribution is 0.496. The molecule has 102 valence electrons. The normalized spacial score (nSPS) is 17.4. The predicted octanol–water partition coefficient (Wildman–Crippen LogP) is 2.07. The summed E-state index contributed by atoms with van der Waals surface area (Å²) in [6, 6.07) is 1.66. The molecule has 0 aliphatic heterocycles. The Morgan fingerprint density at radius 2 is 2.11 bits per heavy atom. The second kappa shape index (κ2) is 6.14. The van der Waals surface area contributed by atoms with Gasteiger partial charge in [-0.15, -0.1) is 11.3 Å². The number of hydrogen-bond donors (Lipinski definition) is 2. The molecule has 0 aromatic carbocycles. The third-order valence-electron chi connectivity index (χ3n) is 3.45. The lowest BCUT2D eigenvalue weighted by Gasteiger charge is -2.09. The number of nitrogens with two attached hydrogens (primary N) is 1. The zero-order valence-electron chi connectivity index (χ0n) is 10.4. The maximum atomic E-state index is 12.0. The minimum absolute atomic E-state index is 0.370. The van der Waals surface area contributed by atoms with E-state index in [1.807, 2.05) is 0 Å². The fourth-order valence-electron chi connectivity index (χ4n) is 2.37. The van der Waals surface area contributed by atoms with E-state index in [0.29, 0.717) is 23.2 Å². The molecule has 1 aromatic heterocycles. The molecule has 0 amide bonds. The predicted molar refractivity (Wildman–Crippen MR) is 74.0 cm³/mol. The summed E-state index contributed by atoms with van der Waals surface area (Å²) in [5.41, 5.74) is 6.35. The standard InChI is InChI=1S/C12H20N2O2S2/c13-8-11-7-12(17-9-11)18(15,16)14-6-5-10-3-1-2-4-10/h7,9-10,14H,1-6,8,13H2. The van der Waals surface area contributed by atoms with Gasteiger partial charge in [-0.25, -0.2) is 13.1 Å². The van der Waals surface area contributed by atoms with E-state index >= 15 is 0 Å². The molecule has 0 unspecified atom stereocenters. The van der Waals surface area contributed by atoms with Crippen molar-refractivity contribution in [2.75, 3.05) is 6.54 Å². The highest BCUT2D eigenvalue weighted by atomic mass is 32.2. The van der Waals surface area contributed by atoms with Crippen LogP contribution in [0.5, 0.6) is 0 Å². The fourth-order valence-corrected chi connectivity index (χ4v) is 4.68. The molecule has 1 aliphatic rings. The second-order valence-electron chi connectivity index (χ2n) is 4.82. The average Bonchev–Trinajstić information content (AvgIpc) is 2.99. The molecular formula is C12H20N2O2S2. The van der Waals surface area contributed by atoms with Crippen LogP contribution in [0.15, 0.2) is 15.7 Å². The molecule has 1 saturated carbocycles. The smallest absolute Gasteiger partial charge is 0.250 e. The van der Waals surface area contributed by atoms with Crippen LogP contribution in [0, 0.1) is 5.92 Å². The molecule has 0 spiro atoms. The lowest BCUT2D eigenvalue weighted by atomic mass is 10.1. The van der Waals surface area contributed by atoms with Crippen molar-refractivity contribution in [3.05, 3.63) is 17.0 Å². The first-order valence-electron chi connectivity index (χ1n) is 6.39. The topological polar surface area (TPSA) is 72.2 Å². The largest absolute Gasteiger partial charge is 0.326 e. The average molecular weight is 288 g/mol. The van der Waals surface area contributed by atoms with E-state index in [4.69, 9.17) is 5.73 Å². The highest BCUT2D eigenvalue weighted by molar-refractivity contribution is 7.91.